The molecule has 3 rings (SSSR count). The number of carbonyl (C=O) groups is 2. The largest absolute Gasteiger partial charge is 0.573 e. The van der Waals surface area contributed by atoms with Gasteiger partial charge in [0.25, 0.3) is 15.9 Å². The second-order valence-electron chi connectivity index (χ2n) is 6.69. The summed E-state index contributed by atoms with van der Waals surface area (Å²) in [7, 11) is -2.99. The summed E-state index contributed by atoms with van der Waals surface area (Å²) < 4.78 is 74.4. The highest BCUT2D eigenvalue weighted by molar-refractivity contribution is 7.92. The predicted molar refractivity (Wildman–Crippen MR) is 120 cm³/mol. The molecule has 0 aliphatic heterocycles. The number of carboxylic acid groups (broad SMARTS) is 1. The van der Waals surface area contributed by atoms with Crippen LogP contribution in [0.4, 0.5) is 18.9 Å². The Labute approximate surface area is 205 Å². The van der Waals surface area contributed by atoms with E-state index in [1.54, 1.807) is 0 Å². The zero-order chi connectivity index (χ0) is 26.7. The van der Waals surface area contributed by atoms with E-state index in [4.69, 9.17) is 15.6 Å². The van der Waals surface area contributed by atoms with E-state index in [0.29, 0.717) is 0 Å². The lowest BCUT2D eigenvalue weighted by molar-refractivity contribution is -0.274. The summed E-state index contributed by atoms with van der Waals surface area (Å²) in [6, 6.07) is 6.64. The van der Waals surface area contributed by atoms with E-state index in [2.05, 4.69) is 26.3 Å². The van der Waals surface area contributed by atoms with Crippen LogP contribution in [0.25, 0.3) is 0 Å². The molecular weight excluding hydrogens is 527 g/mol. The van der Waals surface area contributed by atoms with Crippen molar-refractivity contribution < 1.29 is 45.8 Å². The predicted octanol–water partition coefficient (Wildman–Crippen LogP) is 3.05. The number of anilines is 1. The number of carbonyl (C=O) groups excluding carboxylic acids is 1. The van der Waals surface area contributed by atoms with Crippen LogP contribution in [-0.2, 0) is 10.0 Å². The zero-order valence-corrected chi connectivity index (χ0v) is 19.5. The summed E-state index contributed by atoms with van der Waals surface area (Å²) in [6.45, 7) is 0. The standard InChI is InChI=1S/C21H14F3N3O7S2/c1-33-16-9-12(20(29)30)4-6-14(16)27-36(31,32)18-10-35-17(26-18)7-3-11-2-5-13(19(25)28)15(8-11)34-21(22,23)24/h2,4-6,8-10,27H,1H3,(H2,25,28)(H,29,30). The van der Waals surface area contributed by atoms with E-state index in [0.717, 1.165) is 29.5 Å². The van der Waals surface area contributed by atoms with Gasteiger partial charge in [0.2, 0.25) is 0 Å². The number of halogens is 3. The number of nitrogens with one attached hydrogen (secondary N) is 1. The van der Waals surface area contributed by atoms with Gasteiger partial charge >= 0.3 is 12.3 Å². The highest BCUT2D eigenvalue weighted by Gasteiger charge is 2.33. The van der Waals surface area contributed by atoms with Crippen LogP contribution in [0.3, 0.4) is 0 Å². The van der Waals surface area contributed by atoms with Crippen molar-refractivity contribution in [3.05, 3.63) is 63.5 Å². The second kappa shape index (κ2) is 10.1. The Morgan fingerprint density at radius 3 is 2.47 bits per heavy atom. The maximum Gasteiger partial charge on any atom is 0.573 e. The molecule has 1 amide bonds. The third-order valence-corrected chi connectivity index (χ3v) is 6.39. The van der Waals surface area contributed by atoms with Gasteiger partial charge < -0.3 is 20.3 Å². The van der Waals surface area contributed by atoms with Crippen molar-refractivity contribution >= 4 is 38.9 Å². The topological polar surface area (TPSA) is 158 Å². The average Bonchev–Trinajstić information content (AvgIpc) is 3.26. The smallest absolute Gasteiger partial charge is 0.495 e. The first-order valence-corrected chi connectivity index (χ1v) is 11.8. The van der Waals surface area contributed by atoms with Crippen LogP contribution in [0.2, 0.25) is 0 Å². The van der Waals surface area contributed by atoms with Crippen LogP contribution in [-0.4, -0.2) is 43.9 Å². The maximum absolute atomic E-state index is 12.7. The number of primary amides is 1. The Morgan fingerprint density at radius 1 is 1.14 bits per heavy atom. The number of carboxylic acids is 1. The van der Waals surface area contributed by atoms with Crippen LogP contribution in [0, 0.1) is 11.8 Å². The number of aromatic carboxylic acids is 1. The first-order chi connectivity index (χ1) is 16.8. The molecule has 188 valence electrons. The number of nitrogens with zero attached hydrogens (tertiary/aromatic N) is 1. The van der Waals surface area contributed by atoms with E-state index in [-0.39, 0.29) is 27.6 Å². The van der Waals surface area contributed by atoms with Crippen molar-refractivity contribution in [1.29, 1.82) is 0 Å². The quantitative estimate of drug-likeness (QED) is 0.385. The molecule has 0 radical (unpaired) electrons. The van der Waals surface area contributed by atoms with Gasteiger partial charge in [-0.15, -0.1) is 24.5 Å². The van der Waals surface area contributed by atoms with Crippen LogP contribution in [0.15, 0.2) is 46.8 Å². The molecule has 0 atom stereocenters. The number of benzene rings is 2. The monoisotopic (exact) mass is 541 g/mol. The molecule has 2 aromatic carbocycles. The molecule has 0 aliphatic carbocycles. The third kappa shape index (κ3) is 6.43. The van der Waals surface area contributed by atoms with Crippen LogP contribution in [0.5, 0.6) is 11.5 Å². The number of ether oxygens (including phenoxy) is 2. The lowest BCUT2D eigenvalue weighted by Crippen LogP contribution is -2.21. The third-order valence-electron chi connectivity index (χ3n) is 4.24. The number of amides is 1. The molecule has 0 unspecified atom stereocenters. The molecule has 0 bridgehead atoms. The van der Waals surface area contributed by atoms with Crippen molar-refractivity contribution in [3.63, 3.8) is 0 Å². The highest BCUT2D eigenvalue weighted by atomic mass is 32.2. The zero-order valence-electron chi connectivity index (χ0n) is 17.9. The first-order valence-electron chi connectivity index (χ1n) is 9.40. The number of nitrogens with two attached hydrogens (primary N) is 1. The average molecular weight is 541 g/mol. The van der Waals surface area contributed by atoms with Crippen LogP contribution < -0.4 is 19.9 Å². The molecule has 4 N–H and O–H groups in total. The molecule has 1 aromatic heterocycles. The molecular formula is C21H14F3N3O7S2. The summed E-state index contributed by atoms with van der Waals surface area (Å²) in [5.74, 6) is 1.79. The van der Waals surface area contributed by atoms with Gasteiger partial charge in [0.15, 0.2) is 10.0 Å². The lowest BCUT2D eigenvalue weighted by atomic mass is 10.1. The summed E-state index contributed by atoms with van der Waals surface area (Å²) in [4.78, 5) is 26.3. The molecule has 10 nitrogen and oxygen atoms in total. The molecule has 36 heavy (non-hydrogen) atoms. The van der Waals surface area contributed by atoms with Crippen LogP contribution >= 0.6 is 11.3 Å². The normalized spacial score (nSPS) is 11.2. The number of alkyl halides is 3. The van der Waals surface area contributed by atoms with Gasteiger partial charge in [-0.25, -0.2) is 9.78 Å². The first kappa shape index (κ1) is 26.3. The molecule has 15 heteroatoms. The Balaban J connectivity index is 1.85. The van der Waals surface area contributed by atoms with Crippen LogP contribution in [0.1, 0.15) is 31.3 Å². The van der Waals surface area contributed by atoms with E-state index in [1.165, 1.54) is 30.7 Å². The number of thiazole rings is 1. The molecule has 0 fully saturated rings. The Kier molecular flexibility index (Phi) is 7.41. The number of rotatable bonds is 7. The maximum atomic E-state index is 12.7. The van der Waals surface area contributed by atoms with Gasteiger partial charge in [-0.05, 0) is 42.3 Å². The summed E-state index contributed by atoms with van der Waals surface area (Å²) in [5, 5.41) is 9.83. The fourth-order valence-electron chi connectivity index (χ4n) is 2.68. The summed E-state index contributed by atoms with van der Waals surface area (Å²) in [6.07, 6.45) is -5.07. The summed E-state index contributed by atoms with van der Waals surface area (Å²) >= 11 is 0.847. The minimum Gasteiger partial charge on any atom is -0.495 e. The number of hydrogen-bond acceptors (Lipinski definition) is 8. The van der Waals surface area contributed by atoms with Crippen molar-refractivity contribution in [1.82, 2.24) is 4.98 Å². The summed E-state index contributed by atoms with van der Waals surface area (Å²) in [5.41, 5.74) is 4.42. The number of hydrogen-bond donors (Lipinski definition) is 3. The Morgan fingerprint density at radius 2 is 1.86 bits per heavy atom. The minimum absolute atomic E-state index is 0.0141. The number of sulfonamides is 1. The number of methoxy groups -OCH3 is 1. The lowest BCUT2D eigenvalue weighted by Gasteiger charge is -2.11. The molecule has 3 aromatic rings. The molecule has 0 saturated heterocycles. The fourth-order valence-corrected chi connectivity index (χ4v) is 4.69. The fraction of sp³-hybridized carbons (Fsp3) is 0.0952. The Hall–Kier alpha value is -4.29. The van der Waals surface area contributed by atoms with Gasteiger partial charge in [0.1, 0.15) is 11.5 Å². The van der Waals surface area contributed by atoms with E-state index >= 15 is 0 Å². The van der Waals surface area contributed by atoms with Crippen molar-refractivity contribution in [2.75, 3.05) is 11.8 Å². The molecule has 0 aliphatic rings. The molecule has 1 heterocycles. The van der Waals surface area contributed by atoms with Gasteiger partial charge in [-0.2, -0.15) is 8.42 Å². The molecule has 0 spiro atoms. The number of aromatic nitrogens is 1. The van der Waals surface area contributed by atoms with Crippen molar-refractivity contribution in [3.8, 4) is 23.3 Å². The van der Waals surface area contributed by atoms with E-state index in [9.17, 15) is 31.2 Å². The minimum atomic E-state index is -5.07. The van der Waals surface area contributed by atoms with Gasteiger partial charge in [0, 0.05) is 10.9 Å². The van der Waals surface area contributed by atoms with E-state index in [1.807, 2.05) is 0 Å². The SMILES string of the molecule is COc1cc(C(=O)O)ccc1NS(=O)(=O)c1csc(C#Cc2ccc(C(N)=O)c(OC(F)(F)F)c2)n1. The van der Waals surface area contributed by atoms with Gasteiger partial charge in [-0.1, -0.05) is 5.92 Å². The van der Waals surface area contributed by atoms with Crippen molar-refractivity contribution in [2.45, 2.75) is 11.4 Å². The highest BCUT2D eigenvalue weighted by Crippen LogP contribution is 2.29. The molecule has 0 saturated carbocycles. The van der Waals surface area contributed by atoms with Gasteiger partial charge in [0.05, 0.1) is 23.9 Å². The van der Waals surface area contributed by atoms with Gasteiger partial charge in [-0.3, -0.25) is 9.52 Å². The van der Waals surface area contributed by atoms with Crippen molar-refractivity contribution in [2.24, 2.45) is 5.73 Å². The van der Waals surface area contributed by atoms with E-state index < -0.39 is 44.6 Å². The Bertz CT molecular complexity index is 1510. The second-order valence-corrected chi connectivity index (χ2v) is 9.18.